The Morgan fingerprint density at radius 1 is 1.31 bits per heavy atom. The van der Waals surface area contributed by atoms with Crippen molar-refractivity contribution in [2.24, 2.45) is 5.92 Å². The molecule has 9 heteroatoms. The number of rotatable bonds is 5. The van der Waals surface area contributed by atoms with Crippen LogP contribution in [-0.2, 0) is 16.4 Å². The molecule has 3 aliphatic rings. The van der Waals surface area contributed by atoms with E-state index in [4.69, 9.17) is 0 Å². The smallest absolute Gasteiger partial charge is 0.214 e. The van der Waals surface area contributed by atoms with Crippen molar-refractivity contribution in [2.75, 3.05) is 36.1 Å². The maximum absolute atomic E-state index is 12.8. The standard InChI is InChI=1S/C20H33N5O3S/c1-14-10-17-18(23-14)21-13-22-19(17)24(3)16-6-4-15(5-7-16)11-29(27,28)25-9-8-20(2,26)12-25/h13-16,26H,4-12H2,1-3H3,(H,21,22,23). The molecule has 1 saturated heterocycles. The Bertz CT molecular complexity index is 852. The molecule has 0 aromatic carbocycles. The van der Waals surface area contributed by atoms with Gasteiger partial charge in [0.05, 0.1) is 11.4 Å². The van der Waals surface area contributed by atoms with Crippen molar-refractivity contribution in [1.29, 1.82) is 0 Å². The van der Waals surface area contributed by atoms with Crippen LogP contribution in [0.3, 0.4) is 0 Å². The molecule has 1 aromatic heterocycles. The van der Waals surface area contributed by atoms with Crippen molar-refractivity contribution in [1.82, 2.24) is 14.3 Å². The first-order chi connectivity index (χ1) is 13.6. The van der Waals surface area contributed by atoms with Crippen LogP contribution in [0.4, 0.5) is 11.6 Å². The molecule has 29 heavy (non-hydrogen) atoms. The average molecular weight is 424 g/mol. The molecule has 2 atom stereocenters. The number of aliphatic hydroxyl groups is 1. The van der Waals surface area contributed by atoms with Gasteiger partial charge in [-0.25, -0.2) is 18.4 Å². The molecule has 1 aromatic rings. The number of β-amino-alcohol motifs (C(OH)–C–C–N with tert-alkyl or cyclic N) is 1. The maximum Gasteiger partial charge on any atom is 0.214 e. The van der Waals surface area contributed by atoms with E-state index in [0.717, 1.165) is 43.7 Å². The Hall–Kier alpha value is -1.45. The third-order valence-corrected chi connectivity index (χ3v) is 8.76. The SMILES string of the molecule is CC1Cc2c(ncnc2N(C)C2CCC(CS(=O)(=O)N3CCC(C)(O)C3)CC2)N1. The Morgan fingerprint density at radius 2 is 2.03 bits per heavy atom. The number of sulfonamides is 1. The molecule has 0 radical (unpaired) electrons. The van der Waals surface area contributed by atoms with E-state index in [0.29, 0.717) is 25.0 Å². The van der Waals surface area contributed by atoms with Crippen molar-refractivity contribution in [3.63, 3.8) is 0 Å². The summed E-state index contributed by atoms with van der Waals surface area (Å²) >= 11 is 0. The third kappa shape index (κ3) is 4.36. The topological polar surface area (TPSA) is 98.7 Å². The van der Waals surface area contributed by atoms with E-state index in [2.05, 4.69) is 34.2 Å². The Balaban J connectivity index is 1.35. The van der Waals surface area contributed by atoms with E-state index in [9.17, 15) is 13.5 Å². The molecule has 2 fully saturated rings. The van der Waals surface area contributed by atoms with Crippen LogP contribution in [0.25, 0.3) is 0 Å². The Morgan fingerprint density at radius 3 is 2.69 bits per heavy atom. The number of hydrogen-bond donors (Lipinski definition) is 2. The number of nitrogens with zero attached hydrogens (tertiary/aromatic N) is 4. The summed E-state index contributed by atoms with van der Waals surface area (Å²) in [6.07, 6.45) is 6.82. The predicted molar refractivity (Wildman–Crippen MR) is 114 cm³/mol. The van der Waals surface area contributed by atoms with Gasteiger partial charge in [-0.05, 0) is 58.3 Å². The van der Waals surface area contributed by atoms with E-state index in [-0.39, 0.29) is 18.2 Å². The van der Waals surface area contributed by atoms with Crippen LogP contribution in [0.2, 0.25) is 0 Å². The highest BCUT2D eigenvalue weighted by molar-refractivity contribution is 7.89. The van der Waals surface area contributed by atoms with Gasteiger partial charge in [-0.3, -0.25) is 0 Å². The van der Waals surface area contributed by atoms with Gasteiger partial charge in [0.2, 0.25) is 10.0 Å². The van der Waals surface area contributed by atoms with E-state index in [1.165, 1.54) is 9.87 Å². The second-order valence-corrected chi connectivity index (χ2v) is 11.4. The van der Waals surface area contributed by atoms with Gasteiger partial charge in [-0.2, -0.15) is 4.31 Å². The molecule has 0 bridgehead atoms. The summed E-state index contributed by atoms with van der Waals surface area (Å²) in [6.45, 7) is 4.51. The summed E-state index contributed by atoms with van der Waals surface area (Å²) in [6, 6.07) is 0.748. The monoisotopic (exact) mass is 423 g/mol. The number of hydrogen-bond acceptors (Lipinski definition) is 7. The van der Waals surface area contributed by atoms with Gasteiger partial charge in [-0.15, -0.1) is 0 Å². The highest BCUT2D eigenvalue weighted by Crippen LogP contribution is 2.35. The zero-order chi connectivity index (χ0) is 20.8. The zero-order valence-electron chi connectivity index (χ0n) is 17.6. The summed E-state index contributed by atoms with van der Waals surface area (Å²) in [5.74, 6) is 2.33. The number of anilines is 2. The van der Waals surface area contributed by atoms with Gasteiger partial charge in [-0.1, -0.05) is 0 Å². The molecule has 3 heterocycles. The second kappa shape index (κ2) is 7.67. The van der Waals surface area contributed by atoms with Gasteiger partial charge in [0.15, 0.2) is 0 Å². The normalized spacial score (nSPS) is 32.8. The maximum atomic E-state index is 12.8. The Kier molecular flexibility index (Phi) is 5.50. The molecule has 1 aliphatic carbocycles. The highest BCUT2D eigenvalue weighted by Gasteiger charge is 2.39. The zero-order valence-corrected chi connectivity index (χ0v) is 18.5. The van der Waals surface area contributed by atoms with Crippen molar-refractivity contribution in [2.45, 2.75) is 70.1 Å². The van der Waals surface area contributed by atoms with Crippen LogP contribution in [0, 0.1) is 5.92 Å². The second-order valence-electron chi connectivity index (χ2n) is 9.42. The lowest BCUT2D eigenvalue weighted by molar-refractivity contribution is 0.0762. The minimum absolute atomic E-state index is 0.188. The fraction of sp³-hybridized carbons (Fsp3) is 0.800. The molecular formula is C20H33N5O3S. The van der Waals surface area contributed by atoms with Crippen LogP contribution in [0.5, 0.6) is 0 Å². The summed E-state index contributed by atoms with van der Waals surface area (Å²) < 4.78 is 27.0. The lowest BCUT2D eigenvalue weighted by Crippen LogP contribution is -2.40. The van der Waals surface area contributed by atoms with E-state index < -0.39 is 15.6 Å². The summed E-state index contributed by atoms with van der Waals surface area (Å²) in [5, 5.41) is 13.5. The van der Waals surface area contributed by atoms with Crippen molar-refractivity contribution >= 4 is 21.7 Å². The fourth-order valence-corrected chi connectivity index (χ4v) is 7.01. The molecule has 1 saturated carbocycles. The minimum Gasteiger partial charge on any atom is -0.389 e. The first kappa shape index (κ1) is 20.8. The minimum atomic E-state index is -3.30. The lowest BCUT2D eigenvalue weighted by atomic mass is 9.86. The molecule has 2 N–H and O–H groups in total. The first-order valence-electron chi connectivity index (χ1n) is 10.7. The van der Waals surface area contributed by atoms with Crippen molar-refractivity contribution < 1.29 is 13.5 Å². The summed E-state index contributed by atoms with van der Waals surface area (Å²) in [5.41, 5.74) is 0.297. The van der Waals surface area contributed by atoms with Gasteiger partial charge >= 0.3 is 0 Å². The van der Waals surface area contributed by atoms with Crippen LogP contribution < -0.4 is 10.2 Å². The fourth-order valence-electron chi connectivity index (χ4n) is 5.03. The lowest BCUT2D eigenvalue weighted by Gasteiger charge is -2.36. The molecule has 8 nitrogen and oxygen atoms in total. The molecule has 4 rings (SSSR count). The predicted octanol–water partition coefficient (Wildman–Crippen LogP) is 1.61. The molecule has 0 amide bonds. The number of fused-ring (bicyclic) bond motifs is 1. The Labute approximate surface area is 173 Å². The van der Waals surface area contributed by atoms with Crippen LogP contribution in [0.1, 0.15) is 51.5 Å². The van der Waals surface area contributed by atoms with Crippen LogP contribution in [-0.4, -0.2) is 71.4 Å². The van der Waals surface area contributed by atoms with Crippen LogP contribution in [0.15, 0.2) is 6.33 Å². The number of aromatic nitrogens is 2. The quantitative estimate of drug-likeness (QED) is 0.742. The van der Waals surface area contributed by atoms with Gasteiger partial charge < -0.3 is 15.3 Å². The molecular weight excluding hydrogens is 390 g/mol. The summed E-state index contributed by atoms with van der Waals surface area (Å²) in [4.78, 5) is 11.2. The molecule has 2 unspecified atom stereocenters. The van der Waals surface area contributed by atoms with E-state index in [1.54, 1.807) is 13.3 Å². The van der Waals surface area contributed by atoms with Crippen molar-refractivity contribution in [3.8, 4) is 0 Å². The third-order valence-electron chi connectivity index (χ3n) is 6.77. The number of nitrogens with one attached hydrogen (secondary N) is 1. The summed E-state index contributed by atoms with van der Waals surface area (Å²) in [7, 11) is -1.21. The van der Waals surface area contributed by atoms with Gasteiger partial charge in [0, 0.05) is 37.8 Å². The first-order valence-corrected chi connectivity index (χ1v) is 12.3. The highest BCUT2D eigenvalue weighted by atomic mass is 32.2. The van der Waals surface area contributed by atoms with Crippen LogP contribution >= 0.6 is 0 Å². The van der Waals surface area contributed by atoms with E-state index in [1.807, 2.05) is 0 Å². The average Bonchev–Trinajstić information content (AvgIpc) is 3.22. The van der Waals surface area contributed by atoms with Gasteiger partial charge in [0.25, 0.3) is 0 Å². The van der Waals surface area contributed by atoms with Gasteiger partial charge in [0.1, 0.15) is 18.0 Å². The molecule has 162 valence electrons. The molecule has 2 aliphatic heterocycles. The molecule has 0 spiro atoms. The van der Waals surface area contributed by atoms with Crippen molar-refractivity contribution in [3.05, 3.63) is 11.9 Å². The van der Waals surface area contributed by atoms with E-state index >= 15 is 0 Å². The largest absolute Gasteiger partial charge is 0.389 e.